The Hall–Kier alpha value is -2.37. The van der Waals surface area contributed by atoms with Gasteiger partial charge in [0.1, 0.15) is 6.54 Å². The van der Waals surface area contributed by atoms with Gasteiger partial charge in [-0.3, -0.25) is 4.79 Å². The lowest BCUT2D eigenvalue weighted by Gasteiger charge is -2.18. The highest BCUT2D eigenvalue weighted by molar-refractivity contribution is 5.91. The van der Waals surface area contributed by atoms with E-state index in [9.17, 15) is 4.79 Å². The first-order valence-electron chi connectivity index (χ1n) is 7.64. The number of carbonyl (C=O) groups is 1. The van der Waals surface area contributed by atoms with E-state index in [2.05, 4.69) is 20.2 Å². The molecule has 1 aliphatic rings. The molecule has 3 heterocycles. The minimum atomic E-state index is -0.0695. The van der Waals surface area contributed by atoms with Gasteiger partial charge in [0.2, 0.25) is 11.9 Å². The van der Waals surface area contributed by atoms with Gasteiger partial charge in [0.25, 0.3) is 0 Å². The monoisotopic (exact) mass is 299 g/mol. The first kappa shape index (κ1) is 14.6. The Labute approximate surface area is 130 Å². The Kier molecular flexibility index (Phi) is 4.09. The molecule has 0 radical (unpaired) electrons. The molecule has 2 aromatic heterocycles. The SMILES string of the molecule is Cc1nc(N2CCCC2)nc(C)c1NC(=O)Cn1cccc1. The van der Waals surface area contributed by atoms with E-state index >= 15 is 0 Å². The predicted octanol–water partition coefficient (Wildman–Crippen LogP) is 2.13. The van der Waals surface area contributed by atoms with Crippen LogP contribution in [0.2, 0.25) is 0 Å². The van der Waals surface area contributed by atoms with Gasteiger partial charge in [0.05, 0.1) is 17.1 Å². The van der Waals surface area contributed by atoms with Gasteiger partial charge < -0.3 is 14.8 Å². The fourth-order valence-corrected chi connectivity index (χ4v) is 2.76. The maximum atomic E-state index is 12.1. The van der Waals surface area contributed by atoms with Gasteiger partial charge in [-0.25, -0.2) is 9.97 Å². The fraction of sp³-hybridized carbons (Fsp3) is 0.438. The molecule has 22 heavy (non-hydrogen) atoms. The topological polar surface area (TPSA) is 63.1 Å². The highest BCUT2D eigenvalue weighted by atomic mass is 16.1. The van der Waals surface area contributed by atoms with Gasteiger partial charge >= 0.3 is 0 Å². The number of rotatable bonds is 4. The molecule has 0 atom stereocenters. The Morgan fingerprint density at radius 2 is 1.73 bits per heavy atom. The quantitative estimate of drug-likeness (QED) is 0.939. The highest BCUT2D eigenvalue weighted by Gasteiger charge is 2.18. The molecule has 3 rings (SSSR count). The average Bonchev–Trinajstić information content (AvgIpc) is 3.15. The fourth-order valence-electron chi connectivity index (χ4n) is 2.76. The number of anilines is 2. The smallest absolute Gasteiger partial charge is 0.244 e. The van der Waals surface area contributed by atoms with Crippen molar-refractivity contribution in [3.8, 4) is 0 Å². The van der Waals surface area contributed by atoms with E-state index in [-0.39, 0.29) is 5.91 Å². The van der Waals surface area contributed by atoms with Gasteiger partial charge in [-0.1, -0.05) is 0 Å². The van der Waals surface area contributed by atoms with Crippen LogP contribution in [0.5, 0.6) is 0 Å². The standard InChI is InChI=1S/C16H21N5O/c1-12-15(19-14(22)11-20-7-3-4-8-20)13(2)18-16(17-12)21-9-5-6-10-21/h3-4,7-8H,5-6,9-11H2,1-2H3,(H,19,22). The molecule has 116 valence electrons. The van der Waals surface area contributed by atoms with Gasteiger partial charge in [-0.05, 0) is 38.8 Å². The number of amides is 1. The van der Waals surface area contributed by atoms with Crippen molar-refractivity contribution in [2.75, 3.05) is 23.3 Å². The van der Waals surface area contributed by atoms with Crippen LogP contribution < -0.4 is 10.2 Å². The molecule has 1 N–H and O–H groups in total. The zero-order chi connectivity index (χ0) is 15.5. The third-order valence-corrected chi connectivity index (χ3v) is 3.90. The lowest BCUT2D eigenvalue weighted by Crippen LogP contribution is -2.23. The summed E-state index contributed by atoms with van der Waals surface area (Å²) in [6, 6.07) is 3.80. The van der Waals surface area contributed by atoms with E-state index in [4.69, 9.17) is 0 Å². The van der Waals surface area contributed by atoms with Gasteiger partial charge in [0.15, 0.2) is 0 Å². The Balaban J connectivity index is 1.74. The van der Waals surface area contributed by atoms with E-state index in [1.807, 2.05) is 42.9 Å². The van der Waals surface area contributed by atoms with Crippen molar-refractivity contribution in [3.05, 3.63) is 35.9 Å². The van der Waals surface area contributed by atoms with E-state index < -0.39 is 0 Å². The van der Waals surface area contributed by atoms with Crippen molar-refractivity contribution in [2.45, 2.75) is 33.2 Å². The molecule has 2 aromatic rings. The van der Waals surface area contributed by atoms with Crippen LogP contribution in [0.4, 0.5) is 11.6 Å². The van der Waals surface area contributed by atoms with Crippen molar-refractivity contribution >= 4 is 17.5 Å². The summed E-state index contributed by atoms with van der Waals surface area (Å²) in [5, 5.41) is 2.93. The normalized spacial score (nSPS) is 14.4. The first-order valence-corrected chi connectivity index (χ1v) is 7.64. The average molecular weight is 299 g/mol. The number of nitrogens with zero attached hydrogens (tertiary/aromatic N) is 4. The first-order chi connectivity index (χ1) is 10.6. The summed E-state index contributed by atoms with van der Waals surface area (Å²) in [6.07, 6.45) is 6.12. The van der Waals surface area contributed by atoms with Crippen molar-refractivity contribution in [1.82, 2.24) is 14.5 Å². The number of aromatic nitrogens is 3. The maximum Gasteiger partial charge on any atom is 0.244 e. The molecule has 0 unspecified atom stereocenters. The Morgan fingerprint density at radius 1 is 1.14 bits per heavy atom. The molecule has 6 nitrogen and oxygen atoms in total. The van der Waals surface area contributed by atoms with Gasteiger partial charge in [-0.15, -0.1) is 0 Å². The molecular formula is C16H21N5O. The molecule has 0 aliphatic carbocycles. The van der Waals surface area contributed by atoms with Gasteiger partial charge in [-0.2, -0.15) is 0 Å². The van der Waals surface area contributed by atoms with Crippen molar-refractivity contribution in [2.24, 2.45) is 0 Å². The summed E-state index contributed by atoms with van der Waals surface area (Å²) in [6.45, 7) is 6.15. The zero-order valence-electron chi connectivity index (χ0n) is 13.0. The highest BCUT2D eigenvalue weighted by Crippen LogP contribution is 2.22. The molecule has 6 heteroatoms. The van der Waals surface area contributed by atoms with Crippen LogP contribution in [0.3, 0.4) is 0 Å². The van der Waals surface area contributed by atoms with E-state index in [0.29, 0.717) is 6.54 Å². The Morgan fingerprint density at radius 3 is 2.32 bits per heavy atom. The summed E-state index contributed by atoms with van der Waals surface area (Å²) in [5.41, 5.74) is 2.35. The minimum Gasteiger partial charge on any atom is -0.345 e. The van der Waals surface area contributed by atoms with E-state index in [1.54, 1.807) is 0 Å². The largest absolute Gasteiger partial charge is 0.345 e. The second kappa shape index (κ2) is 6.17. The van der Waals surface area contributed by atoms with E-state index in [1.165, 1.54) is 12.8 Å². The third kappa shape index (κ3) is 3.10. The second-order valence-electron chi connectivity index (χ2n) is 5.67. The van der Waals surface area contributed by atoms with Crippen molar-refractivity contribution in [3.63, 3.8) is 0 Å². The van der Waals surface area contributed by atoms with Crippen LogP contribution >= 0.6 is 0 Å². The molecule has 1 fully saturated rings. The summed E-state index contributed by atoms with van der Waals surface area (Å²) in [5.74, 6) is 0.704. The van der Waals surface area contributed by atoms with Crippen LogP contribution in [-0.4, -0.2) is 33.5 Å². The zero-order valence-corrected chi connectivity index (χ0v) is 13.0. The van der Waals surface area contributed by atoms with Crippen LogP contribution in [-0.2, 0) is 11.3 Å². The van der Waals surface area contributed by atoms with Crippen molar-refractivity contribution in [1.29, 1.82) is 0 Å². The molecule has 0 spiro atoms. The molecule has 1 aliphatic heterocycles. The van der Waals surface area contributed by atoms with Crippen LogP contribution in [0.25, 0.3) is 0 Å². The number of hydrogen-bond donors (Lipinski definition) is 1. The molecule has 1 saturated heterocycles. The van der Waals surface area contributed by atoms with E-state index in [0.717, 1.165) is 36.1 Å². The predicted molar refractivity (Wildman–Crippen MR) is 86.0 cm³/mol. The van der Waals surface area contributed by atoms with Gasteiger partial charge in [0, 0.05) is 25.5 Å². The molecule has 0 saturated carbocycles. The summed E-state index contributed by atoms with van der Waals surface area (Å²) in [7, 11) is 0. The second-order valence-corrected chi connectivity index (χ2v) is 5.67. The lowest BCUT2D eigenvalue weighted by molar-refractivity contribution is -0.116. The lowest BCUT2D eigenvalue weighted by atomic mass is 10.2. The molecular weight excluding hydrogens is 278 g/mol. The summed E-state index contributed by atoms with van der Waals surface area (Å²) in [4.78, 5) is 23.4. The number of hydrogen-bond acceptors (Lipinski definition) is 4. The number of nitrogens with one attached hydrogen (secondary N) is 1. The summed E-state index contributed by atoms with van der Waals surface area (Å²) >= 11 is 0. The van der Waals surface area contributed by atoms with Crippen LogP contribution in [0.15, 0.2) is 24.5 Å². The van der Waals surface area contributed by atoms with Crippen LogP contribution in [0.1, 0.15) is 24.2 Å². The molecule has 1 amide bonds. The third-order valence-electron chi connectivity index (χ3n) is 3.90. The minimum absolute atomic E-state index is 0.0695. The molecule has 0 bridgehead atoms. The maximum absolute atomic E-state index is 12.1. The van der Waals surface area contributed by atoms with Crippen LogP contribution in [0, 0.1) is 13.8 Å². The number of carbonyl (C=O) groups excluding carboxylic acids is 1. The molecule has 0 aromatic carbocycles. The van der Waals surface area contributed by atoms with Crippen molar-refractivity contribution < 1.29 is 4.79 Å². The Bertz CT molecular complexity index is 636. The summed E-state index contributed by atoms with van der Waals surface area (Å²) < 4.78 is 1.83. The number of aryl methyl sites for hydroxylation is 2.